The normalized spacial score (nSPS) is 29.4. The molecule has 88 valence electrons. The van der Waals surface area contributed by atoms with E-state index in [-0.39, 0.29) is 6.10 Å². The topological polar surface area (TPSA) is 35.5 Å². The summed E-state index contributed by atoms with van der Waals surface area (Å²) >= 11 is 0. The molecule has 0 aromatic carbocycles. The number of hydrogen-bond donors (Lipinski definition) is 2. The third-order valence-corrected chi connectivity index (χ3v) is 3.45. The molecule has 1 aliphatic heterocycles. The van der Waals surface area contributed by atoms with Gasteiger partial charge in [-0.05, 0) is 51.6 Å². The first kappa shape index (κ1) is 11.4. The Hall–Kier alpha value is -0.120. The van der Waals surface area contributed by atoms with E-state index in [2.05, 4.69) is 10.2 Å². The third kappa shape index (κ3) is 3.74. The Morgan fingerprint density at radius 1 is 1.40 bits per heavy atom. The molecule has 2 unspecified atom stereocenters. The average molecular weight is 212 g/mol. The molecular weight excluding hydrogens is 188 g/mol. The zero-order valence-corrected chi connectivity index (χ0v) is 9.78. The SMILES string of the molecule is CC(O)CN(CC1CCCNC1)C1CC1. The lowest BCUT2D eigenvalue weighted by molar-refractivity contribution is 0.106. The number of hydrogen-bond acceptors (Lipinski definition) is 3. The number of rotatable bonds is 5. The second-order valence-electron chi connectivity index (χ2n) is 5.25. The first-order valence-electron chi connectivity index (χ1n) is 6.38. The third-order valence-electron chi connectivity index (χ3n) is 3.45. The van der Waals surface area contributed by atoms with Crippen molar-refractivity contribution in [2.24, 2.45) is 5.92 Å². The Kier molecular flexibility index (Phi) is 4.00. The molecule has 0 aromatic heterocycles. The molecule has 0 aromatic rings. The standard InChI is InChI=1S/C12H24N2O/c1-10(15)8-14(12-4-5-12)9-11-3-2-6-13-7-11/h10-13,15H,2-9H2,1H3. The summed E-state index contributed by atoms with van der Waals surface area (Å²) in [5, 5.41) is 12.9. The maximum atomic E-state index is 9.47. The van der Waals surface area contributed by atoms with E-state index in [4.69, 9.17) is 0 Å². The summed E-state index contributed by atoms with van der Waals surface area (Å²) in [4.78, 5) is 2.50. The van der Waals surface area contributed by atoms with Crippen molar-refractivity contribution in [1.82, 2.24) is 10.2 Å². The number of aliphatic hydroxyl groups is 1. The van der Waals surface area contributed by atoms with Crippen molar-refractivity contribution < 1.29 is 5.11 Å². The summed E-state index contributed by atoms with van der Waals surface area (Å²) in [6.45, 7) is 6.30. The number of nitrogens with one attached hydrogen (secondary N) is 1. The molecule has 2 atom stereocenters. The summed E-state index contributed by atoms with van der Waals surface area (Å²) in [5.41, 5.74) is 0. The molecule has 3 heteroatoms. The summed E-state index contributed by atoms with van der Waals surface area (Å²) in [7, 11) is 0. The lowest BCUT2D eigenvalue weighted by Gasteiger charge is -2.30. The highest BCUT2D eigenvalue weighted by Gasteiger charge is 2.31. The van der Waals surface area contributed by atoms with Crippen LogP contribution in [0.1, 0.15) is 32.6 Å². The lowest BCUT2D eigenvalue weighted by atomic mass is 9.99. The van der Waals surface area contributed by atoms with E-state index in [1.165, 1.54) is 45.3 Å². The van der Waals surface area contributed by atoms with Crippen molar-refractivity contribution in [3.63, 3.8) is 0 Å². The number of piperidine rings is 1. The predicted molar refractivity (Wildman–Crippen MR) is 61.9 cm³/mol. The van der Waals surface area contributed by atoms with Crippen LogP contribution in [0.2, 0.25) is 0 Å². The fraction of sp³-hybridized carbons (Fsp3) is 1.00. The molecule has 0 radical (unpaired) electrons. The minimum atomic E-state index is -0.179. The van der Waals surface area contributed by atoms with Crippen LogP contribution in [0.25, 0.3) is 0 Å². The highest BCUT2D eigenvalue weighted by Crippen LogP contribution is 2.28. The van der Waals surface area contributed by atoms with Crippen LogP contribution in [-0.2, 0) is 0 Å². The summed E-state index contributed by atoms with van der Waals surface area (Å²) in [6, 6.07) is 0.779. The van der Waals surface area contributed by atoms with Gasteiger partial charge in [0.25, 0.3) is 0 Å². The van der Waals surface area contributed by atoms with E-state index in [1.807, 2.05) is 6.92 Å². The molecule has 1 saturated heterocycles. The highest BCUT2D eigenvalue weighted by molar-refractivity contribution is 4.87. The number of aliphatic hydroxyl groups excluding tert-OH is 1. The Balaban J connectivity index is 1.77. The van der Waals surface area contributed by atoms with Crippen molar-refractivity contribution in [1.29, 1.82) is 0 Å². The fourth-order valence-corrected chi connectivity index (χ4v) is 2.56. The molecule has 0 bridgehead atoms. The predicted octanol–water partition coefficient (Wildman–Crippen LogP) is 0.831. The molecule has 2 N–H and O–H groups in total. The van der Waals surface area contributed by atoms with Crippen molar-refractivity contribution in [3.8, 4) is 0 Å². The van der Waals surface area contributed by atoms with Gasteiger partial charge in [0.05, 0.1) is 6.10 Å². The van der Waals surface area contributed by atoms with Gasteiger partial charge >= 0.3 is 0 Å². The first-order chi connectivity index (χ1) is 7.25. The van der Waals surface area contributed by atoms with E-state index < -0.39 is 0 Å². The maximum absolute atomic E-state index is 9.47. The van der Waals surface area contributed by atoms with Crippen LogP contribution in [-0.4, -0.2) is 48.3 Å². The van der Waals surface area contributed by atoms with E-state index in [9.17, 15) is 5.11 Å². The Morgan fingerprint density at radius 3 is 2.73 bits per heavy atom. The van der Waals surface area contributed by atoms with Crippen molar-refractivity contribution >= 4 is 0 Å². The lowest BCUT2D eigenvalue weighted by Crippen LogP contribution is -2.41. The highest BCUT2D eigenvalue weighted by atomic mass is 16.3. The molecule has 2 aliphatic rings. The summed E-state index contributed by atoms with van der Waals surface area (Å²) < 4.78 is 0. The van der Waals surface area contributed by atoms with Gasteiger partial charge in [-0.3, -0.25) is 4.90 Å². The minimum absolute atomic E-state index is 0.179. The molecule has 15 heavy (non-hydrogen) atoms. The van der Waals surface area contributed by atoms with Gasteiger partial charge in [-0.2, -0.15) is 0 Å². The van der Waals surface area contributed by atoms with Gasteiger partial charge in [0, 0.05) is 19.1 Å². The second-order valence-corrected chi connectivity index (χ2v) is 5.25. The van der Waals surface area contributed by atoms with Gasteiger partial charge < -0.3 is 10.4 Å². The second kappa shape index (κ2) is 5.28. The number of nitrogens with zero attached hydrogens (tertiary/aromatic N) is 1. The van der Waals surface area contributed by atoms with Gasteiger partial charge in [0.2, 0.25) is 0 Å². The summed E-state index contributed by atoms with van der Waals surface area (Å²) in [6.07, 6.45) is 5.18. The molecule has 3 nitrogen and oxygen atoms in total. The molecule has 0 spiro atoms. The molecule has 2 fully saturated rings. The monoisotopic (exact) mass is 212 g/mol. The van der Waals surface area contributed by atoms with E-state index in [0.29, 0.717) is 0 Å². The Bertz CT molecular complexity index is 186. The van der Waals surface area contributed by atoms with Gasteiger partial charge in [0.15, 0.2) is 0 Å². The molecule has 1 saturated carbocycles. The summed E-state index contributed by atoms with van der Waals surface area (Å²) in [5.74, 6) is 0.804. The van der Waals surface area contributed by atoms with Crippen LogP contribution < -0.4 is 5.32 Å². The van der Waals surface area contributed by atoms with Crippen LogP contribution in [0.3, 0.4) is 0 Å². The fourth-order valence-electron chi connectivity index (χ4n) is 2.56. The van der Waals surface area contributed by atoms with Crippen molar-refractivity contribution in [3.05, 3.63) is 0 Å². The Labute approximate surface area is 92.8 Å². The smallest absolute Gasteiger partial charge is 0.0639 e. The van der Waals surface area contributed by atoms with Crippen LogP contribution in [0.5, 0.6) is 0 Å². The van der Waals surface area contributed by atoms with E-state index >= 15 is 0 Å². The molecular formula is C12H24N2O. The van der Waals surface area contributed by atoms with Crippen LogP contribution in [0.4, 0.5) is 0 Å². The zero-order chi connectivity index (χ0) is 10.7. The largest absolute Gasteiger partial charge is 0.392 e. The molecule has 2 rings (SSSR count). The van der Waals surface area contributed by atoms with Gasteiger partial charge in [-0.25, -0.2) is 0 Å². The average Bonchev–Trinajstić information content (AvgIpc) is 3.01. The minimum Gasteiger partial charge on any atom is -0.392 e. The quantitative estimate of drug-likeness (QED) is 0.708. The van der Waals surface area contributed by atoms with Crippen molar-refractivity contribution in [2.45, 2.75) is 44.8 Å². The van der Waals surface area contributed by atoms with Crippen LogP contribution >= 0.6 is 0 Å². The molecule has 1 heterocycles. The molecule has 1 aliphatic carbocycles. The van der Waals surface area contributed by atoms with E-state index in [0.717, 1.165) is 18.5 Å². The van der Waals surface area contributed by atoms with Crippen molar-refractivity contribution in [2.75, 3.05) is 26.2 Å². The Morgan fingerprint density at radius 2 is 2.20 bits per heavy atom. The molecule has 0 amide bonds. The maximum Gasteiger partial charge on any atom is 0.0639 e. The van der Waals surface area contributed by atoms with Crippen LogP contribution in [0.15, 0.2) is 0 Å². The van der Waals surface area contributed by atoms with Gasteiger partial charge in [0.1, 0.15) is 0 Å². The van der Waals surface area contributed by atoms with Gasteiger partial charge in [-0.15, -0.1) is 0 Å². The van der Waals surface area contributed by atoms with E-state index in [1.54, 1.807) is 0 Å². The zero-order valence-electron chi connectivity index (χ0n) is 9.78. The van der Waals surface area contributed by atoms with Gasteiger partial charge in [-0.1, -0.05) is 0 Å². The first-order valence-corrected chi connectivity index (χ1v) is 6.38. The van der Waals surface area contributed by atoms with Crippen LogP contribution in [0, 0.1) is 5.92 Å².